The number of anilines is 3. The summed E-state index contributed by atoms with van der Waals surface area (Å²) in [6.45, 7) is 4.06. The van der Waals surface area contributed by atoms with Crippen LogP contribution in [0.25, 0.3) is 11.0 Å². The van der Waals surface area contributed by atoms with Gasteiger partial charge in [0.05, 0.1) is 23.1 Å². The molecule has 2 aliphatic carbocycles. The molecular formula is C23H25N5O3S. The lowest BCUT2D eigenvalue weighted by atomic mass is 9.70. The van der Waals surface area contributed by atoms with Crippen LogP contribution in [-0.2, 0) is 14.8 Å². The number of carbonyl (C=O) groups excluding carboxylic acids is 1. The average Bonchev–Trinajstić information content (AvgIpc) is 3.09. The van der Waals surface area contributed by atoms with Gasteiger partial charge < -0.3 is 5.32 Å². The molecule has 0 radical (unpaired) electrons. The summed E-state index contributed by atoms with van der Waals surface area (Å²) in [7, 11) is -3.74. The largest absolute Gasteiger partial charge is 0.339 e. The first-order valence-corrected chi connectivity index (χ1v) is 12.3. The first kappa shape index (κ1) is 20.8. The van der Waals surface area contributed by atoms with Crippen LogP contribution in [0.3, 0.4) is 0 Å². The van der Waals surface area contributed by atoms with Crippen molar-refractivity contribution in [1.82, 2.24) is 15.0 Å². The van der Waals surface area contributed by atoms with Crippen LogP contribution in [0.2, 0.25) is 0 Å². The quantitative estimate of drug-likeness (QED) is 0.584. The van der Waals surface area contributed by atoms with Crippen molar-refractivity contribution in [2.75, 3.05) is 15.8 Å². The van der Waals surface area contributed by atoms with Gasteiger partial charge in [0, 0.05) is 18.0 Å². The van der Waals surface area contributed by atoms with Gasteiger partial charge in [-0.25, -0.2) is 23.4 Å². The molecule has 2 N–H and O–H groups in total. The number of hydrogen-bond acceptors (Lipinski definition) is 7. The third-order valence-corrected chi connectivity index (χ3v) is 8.73. The first-order valence-electron chi connectivity index (χ1n) is 10.7. The monoisotopic (exact) mass is 451 g/mol. The molecule has 0 aliphatic heterocycles. The Morgan fingerprint density at radius 1 is 1.09 bits per heavy atom. The molecule has 0 spiro atoms. The van der Waals surface area contributed by atoms with Gasteiger partial charge in [-0.05, 0) is 60.6 Å². The van der Waals surface area contributed by atoms with E-state index in [1.54, 1.807) is 18.3 Å². The molecule has 0 aromatic carbocycles. The molecule has 2 aliphatic rings. The Kier molecular flexibility index (Phi) is 4.70. The van der Waals surface area contributed by atoms with E-state index in [1.807, 2.05) is 38.1 Å². The number of ketones is 1. The highest BCUT2D eigenvalue weighted by Gasteiger charge is 2.65. The van der Waals surface area contributed by atoms with Crippen LogP contribution >= 0.6 is 0 Å². The van der Waals surface area contributed by atoms with Gasteiger partial charge >= 0.3 is 0 Å². The molecule has 3 heterocycles. The maximum absolute atomic E-state index is 12.9. The highest BCUT2D eigenvalue weighted by Crippen LogP contribution is 2.64. The summed E-state index contributed by atoms with van der Waals surface area (Å²) in [5.41, 5.74) is 0.190. The number of hydrogen-bond donors (Lipinski definition) is 2. The van der Waals surface area contributed by atoms with Crippen LogP contribution in [0.15, 0.2) is 48.8 Å². The van der Waals surface area contributed by atoms with Crippen molar-refractivity contribution in [1.29, 1.82) is 0 Å². The SMILES string of the molecule is CC1(C)[C@H]2CC[C@]1(CS(=O)(=O)Nc1ccc(Nc3ccc4cccnc4n3)cn1)C(=O)C2. The van der Waals surface area contributed by atoms with Gasteiger partial charge in [-0.1, -0.05) is 13.8 Å². The Bertz CT molecular complexity index is 1310. The first-order chi connectivity index (χ1) is 15.2. The van der Waals surface area contributed by atoms with Gasteiger partial charge in [-0.2, -0.15) is 0 Å². The Morgan fingerprint density at radius 2 is 1.91 bits per heavy atom. The maximum Gasteiger partial charge on any atom is 0.234 e. The van der Waals surface area contributed by atoms with Crippen LogP contribution in [0.1, 0.15) is 33.1 Å². The molecule has 3 aromatic rings. The van der Waals surface area contributed by atoms with Gasteiger partial charge in [0.1, 0.15) is 17.4 Å². The van der Waals surface area contributed by atoms with Crippen LogP contribution in [-0.4, -0.2) is 34.9 Å². The third kappa shape index (κ3) is 3.40. The summed E-state index contributed by atoms with van der Waals surface area (Å²) in [6.07, 6.45) is 5.25. The predicted octanol–water partition coefficient (Wildman–Crippen LogP) is 3.91. The zero-order chi connectivity index (χ0) is 22.6. The van der Waals surface area contributed by atoms with E-state index in [2.05, 4.69) is 25.0 Å². The fourth-order valence-corrected chi connectivity index (χ4v) is 7.16. The van der Waals surface area contributed by atoms with E-state index < -0.39 is 15.4 Å². The lowest BCUT2D eigenvalue weighted by molar-refractivity contribution is -0.128. The van der Waals surface area contributed by atoms with E-state index in [0.29, 0.717) is 30.0 Å². The van der Waals surface area contributed by atoms with Crippen molar-refractivity contribution in [3.8, 4) is 0 Å². The van der Waals surface area contributed by atoms with Crippen molar-refractivity contribution in [3.05, 3.63) is 48.8 Å². The number of carbonyl (C=O) groups is 1. The molecule has 5 rings (SSSR count). The molecule has 166 valence electrons. The second-order valence-corrected chi connectivity index (χ2v) is 11.1. The summed E-state index contributed by atoms with van der Waals surface area (Å²) in [5, 5.41) is 4.09. The topological polar surface area (TPSA) is 114 Å². The third-order valence-electron chi connectivity index (χ3n) is 7.34. The highest BCUT2D eigenvalue weighted by atomic mass is 32.2. The summed E-state index contributed by atoms with van der Waals surface area (Å²) >= 11 is 0. The van der Waals surface area contributed by atoms with Crippen LogP contribution < -0.4 is 10.0 Å². The van der Waals surface area contributed by atoms with Gasteiger partial charge in [0.15, 0.2) is 5.65 Å². The van der Waals surface area contributed by atoms with Gasteiger partial charge in [-0.3, -0.25) is 9.52 Å². The molecule has 2 saturated carbocycles. The zero-order valence-corrected chi connectivity index (χ0v) is 18.8. The van der Waals surface area contributed by atoms with Gasteiger partial charge in [0.2, 0.25) is 10.0 Å². The van der Waals surface area contributed by atoms with Crippen LogP contribution in [0.5, 0.6) is 0 Å². The molecule has 2 atom stereocenters. The van der Waals surface area contributed by atoms with E-state index in [4.69, 9.17) is 0 Å². The Labute approximate surface area is 186 Å². The normalized spacial score (nSPS) is 24.1. The minimum absolute atomic E-state index is 0.0778. The average molecular weight is 452 g/mol. The van der Waals surface area contributed by atoms with Crippen molar-refractivity contribution < 1.29 is 13.2 Å². The van der Waals surface area contributed by atoms with Crippen LogP contribution in [0.4, 0.5) is 17.3 Å². The van der Waals surface area contributed by atoms with E-state index in [1.165, 1.54) is 6.20 Å². The van der Waals surface area contributed by atoms with Crippen molar-refractivity contribution >= 4 is 44.2 Å². The fraction of sp³-hybridized carbons (Fsp3) is 0.391. The number of fused-ring (bicyclic) bond motifs is 3. The Morgan fingerprint density at radius 3 is 2.59 bits per heavy atom. The molecule has 2 bridgehead atoms. The number of Topliss-reactive ketones (excluding diaryl/α,β-unsaturated/α-hetero) is 1. The molecule has 0 amide bonds. The second-order valence-electron chi connectivity index (χ2n) is 9.33. The lowest BCUT2D eigenvalue weighted by Crippen LogP contribution is -2.43. The van der Waals surface area contributed by atoms with Crippen LogP contribution in [0, 0.1) is 16.7 Å². The van der Waals surface area contributed by atoms with E-state index >= 15 is 0 Å². The second kappa shape index (κ2) is 7.23. The molecule has 2 fully saturated rings. The lowest BCUT2D eigenvalue weighted by Gasteiger charge is -2.36. The highest BCUT2D eigenvalue weighted by molar-refractivity contribution is 7.92. The van der Waals surface area contributed by atoms with E-state index in [9.17, 15) is 13.2 Å². The molecule has 0 saturated heterocycles. The molecular weight excluding hydrogens is 426 g/mol. The molecule has 32 heavy (non-hydrogen) atoms. The minimum atomic E-state index is -3.74. The van der Waals surface area contributed by atoms with Crippen molar-refractivity contribution in [2.24, 2.45) is 16.7 Å². The number of nitrogens with zero attached hydrogens (tertiary/aromatic N) is 3. The number of pyridine rings is 3. The van der Waals surface area contributed by atoms with Gasteiger partial charge in [-0.15, -0.1) is 0 Å². The van der Waals surface area contributed by atoms with Crippen molar-refractivity contribution in [3.63, 3.8) is 0 Å². The maximum atomic E-state index is 12.9. The zero-order valence-electron chi connectivity index (χ0n) is 18.0. The molecule has 9 heteroatoms. The van der Waals surface area contributed by atoms with Crippen molar-refractivity contribution in [2.45, 2.75) is 33.1 Å². The Hall–Kier alpha value is -3.07. The summed E-state index contributed by atoms with van der Waals surface area (Å²) in [4.78, 5) is 25.6. The number of sulfonamides is 1. The number of aromatic nitrogens is 3. The van der Waals surface area contributed by atoms with Gasteiger partial charge in [0.25, 0.3) is 0 Å². The number of rotatable bonds is 6. The summed E-state index contributed by atoms with van der Waals surface area (Å²) in [6, 6.07) is 10.9. The summed E-state index contributed by atoms with van der Waals surface area (Å²) in [5.74, 6) is 0.987. The standard InChI is InChI=1S/C23H25N5O3S/c1-22(2)16-9-10-23(22,18(29)12-16)14-32(30,31)28-19-8-6-17(13-25-19)26-20-7-5-15-4-3-11-24-21(15)27-20/h3-8,11,13,16H,9-10,12,14H2,1-2H3,(H,25,28)(H,24,26,27)/t16-,23-/m0/s1. The predicted molar refractivity (Wildman–Crippen MR) is 123 cm³/mol. The Balaban J connectivity index is 1.29. The molecule has 8 nitrogen and oxygen atoms in total. The van der Waals surface area contributed by atoms with E-state index in [0.717, 1.165) is 11.8 Å². The summed E-state index contributed by atoms with van der Waals surface area (Å²) < 4.78 is 28.4. The number of nitrogens with one attached hydrogen (secondary N) is 2. The smallest absolute Gasteiger partial charge is 0.234 e. The molecule has 3 aromatic heterocycles. The minimum Gasteiger partial charge on any atom is -0.339 e. The van der Waals surface area contributed by atoms with E-state index in [-0.39, 0.29) is 28.7 Å². The molecule has 0 unspecified atom stereocenters. The fourth-order valence-electron chi connectivity index (χ4n) is 5.33.